The maximum absolute atomic E-state index is 13.6. The first-order chi connectivity index (χ1) is 16.3. The molecule has 0 bridgehead atoms. The molecule has 1 atom stereocenters. The monoisotopic (exact) mass is 485 g/mol. The highest BCUT2D eigenvalue weighted by molar-refractivity contribution is 7.89. The Morgan fingerprint density at radius 1 is 1.09 bits per heavy atom. The van der Waals surface area contributed by atoms with Crippen LogP contribution in [0.4, 0.5) is 0 Å². The van der Waals surface area contributed by atoms with Gasteiger partial charge >= 0.3 is 0 Å². The van der Waals surface area contributed by atoms with E-state index in [0.29, 0.717) is 25.1 Å². The molecule has 4 rings (SSSR count). The Morgan fingerprint density at radius 3 is 2.62 bits per heavy atom. The highest BCUT2D eigenvalue weighted by atomic mass is 32.2. The lowest BCUT2D eigenvalue weighted by molar-refractivity contribution is -0.127. The maximum Gasteiger partial charge on any atom is 0.248 e. The van der Waals surface area contributed by atoms with Gasteiger partial charge in [0.25, 0.3) is 0 Å². The van der Waals surface area contributed by atoms with E-state index in [0.717, 1.165) is 42.4 Å². The van der Waals surface area contributed by atoms with Crippen LogP contribution >= 0.6 is 0 Å². The molecule has 2 aromatic rings. The van der Waals surface area contributed by atoms with Crippen LogP contribution in [0.2, 0.25) is 0 Å². The number of sulfonamides is 1. The van der Waals surface area contributed by atoms with E-state index in [1.807, 2.05) is 38.1 Å². The highest BCUT2D eigenvalue weighted by Crippen LogP contribution is 2.30. The fraction of sp³-hybridized carbons (Fsp3) is 0.538. The number of amides is 1. The Kier molecular flexibility index (Phi) is 7.57. The summed E-state index contributed by atoms with van der Waals surface area (Å²) in [5.74, 6) is -0.143. The normalized spacial score (nSPS) is 20.6. The molecule has 1 N–H and O–H groups in total. The zero-order chi connectivity index (χ0) is 24.3. The first-order valence-electron chi connectivity index (χ1n) is 12.3. The van der Waals surface area contributed by atoms with Gasteiger partial charge in [0.1, 0.15) is 5.69 Å². The molecule has 1 amide bonds. The number of hydrogen-bond acceptors (Lipinski definition) is 5. The molecular formula is C26H35N3O4S. The summed E-state index contributed by atoms with van der Waals surface area (Å²) >= 11 is 0. The molecule has 34 heavy (non-hydrogen) atoms. The van der Waals surface area contributed by atoms with E-state index in [1.165, 1.54) is 10.7 Å². The SMILES string of the molecule is Cc1ccc(C)c(C=Cc2onc(C)c2S(=O)(=O)N2CCCC(C(=O)NC3CCCCC3)C2)c1. The lowest BCUT2D eigenvalue weighted by Gasteiger charge is -2.32. The second kappa shape index (κ2) is 10.4. The molecule has 0 radical (unpaired) electrons. The third kappa shape index (κ3) is 5.44. The van der Waals surface area contributed by atoms with E-state index in [1.54, 1.807) is 13.0 Å². The van der Waals surface area contributed by atoms with Crippen molar-refractivity contribution in [2.45, 2.75) is 76.7 Å². The highest BCUT2D eigenvalue weighted by Gasteiger charge is 2.37. The summed E-state index contributed by atoms with van der Waals surface area (Å²) in [5, 5.41) is 7.11. The summed E-state index contributed by atoms with van der Waals surface area (Å²) in [6, 6.07) is 6.34. The summed E-state index contributed by atoms with van der Waals surface area (Å²) in [4.78, 5) is 13.0. The van der Waals surface area contributed by atoms with Gasteiger partial charge in [-0.2, -0.15) is 4.31 Å². The molecule has 2 aliphatic rings. The van der Waals surface area contributed by atoms with Crippen molar-refractivity contribution < 1.29 is 17.7 Å². The lowest BCUT2D eigenvalue weighted by atomic mass is 9.93. The summed E-state index contributed by atoms with van der Waals surface area (Å²) in [5.41, 5.74) is 3.53. The number of carbonyl (C=O) groups excluding carboxylic acids is 1. The van der Waals surface area contributed by atoms with Crippen LogP contribution in [0.5, 0.6) is 0 Å². The average molecular weight is 486 g/mol. The van der Waals surface area contributed by atoms with Crippen LogP contribution in [-0.2, 0) is 14.8 Å². The van der Waals surface area contributed by atoms with Gasteiger partial charge in [0.05, 0.1) is 5.92 Å². The van der Waals surface area contributed by atoms with Crippen LogP contribution in [-0.4, -0.2) is 42.9 Å². The molecule has 7 nitrogen and oxygen atoms in total. The number of aryl methyl sites for hydroxylation is 3. The summed E-state index contributed by atoms with van der Waals surface area (Å²) in [7, 11) is -3.86. The van der Waals surface area contributed by atoms with Crippen LogP contribution in [0.15, 0.2) is 27.6 Å². The minimum atomic E-state index is -3.86. The van der Waals surface area contributed by atoms with Gasteiger partial charge in [-0.15, -0.1) is 0 Å². The molecule has 1 aliphatic heterocycles. The van der Waals surface area contributed by atoms with Gasteiger partial charge in [-0.1, -0.05) is 54.3 Å². The minimum Gasteiger partial charge on any atom is -0.355 e. The Morgan fingerprint density at radius 2 is 1.85 bits per heavy atom. The van der Waals surface area contributed by atoms with Crippen molar-refractivity contribution in [1.82, 2.24) is 14.8 Å². The minimum absolute atomic E-state index is 0.0242. The smallest absolute Gasteiger partial charge is 0.248 e. The Labute approximate surface area is 202 Å². The molecule has 184 valence electrons. The zero-order valence-electron chi connectivity index (χ0n) is 20.3. The molecule has 1 aliphatic carbocycles. The molecule has 1 aromatic heterocycles. The first kappa shape index (κ1) is 24.7. The van der Waals surface area contributed by atoms with Crippen LogP contribution in [0.25, 0.3) is 12.2 Å². The van der Waals surface area contributed by atoms with E-state index in [-0.39, 0.29) is 35.1 Å². The number of rotatable bonds is 6. The van der Waals surface area contributed by atoms with Crippen molar-refractivity contribution in [2.24, 2.45) is 5.92 Å². The molecule has 1 unspecified atom stereocenters. The third-order valence-corrected chi connectivity index (χ3v) is 9.01. The van der Waals surface area contributed by atoms with Crippen molar-refractivity contribution >= 4 is 28.1 Å². The van der Waals surface area contributed by atoms with Crippen LogP contribution in [0.3, 0.4) is 0 Å². The van der Waals surface area contributed by atoms with Crippen LogP contribution in [0, 0.1) is 26.7 Å². The Balaban J connectivity index is 1.52. The van der Waals surface area contributed by atoms with Crippen molar-refractivity contribution in [1.29, 1.82) is 0 Å². The van der Waals surface area contributed by atoms with E-state index >= 15 is 0 Å². The zero-order valence-corrected chi connectivity index (χ0v) is 21.2. The Hall–Kier alpha value is -2.45. The number of carbonyl (C=O) groups is 1. The van der Waals surface area contributed by atoms with Gasteiger partial charge in [-0.3, -0.25) is 4.79 Å². The molecule has 1 aromatic carbocycles. The van der Waals surface area contributed by atoms with Gasteiger partial charge in [-0.05, 0) is 63.7 Å². The molecular weight excluding hydrogens is 450 g/mol. The molecule has 2 heterocycles. The van der Waals surface area contributed by atoms with Crippen molar-refractivity contribution in [3.63, 3.8) is 0 Å². The first-order valence-corrected chi connectivity index (χ1v) is 13.7. The van der Waals surface area contributed by atoms with Gasteiger partial charge < -0.3 is 9.84 Å². The number of piperidine rings is 1. The van der Waals surface area contributed by atoms with E-state index < -0.39 is 10.0 Å². The Bertz CT molecular complexity index is 1160. The van der Waals surface area contributed by atoms with Crippen molar-refractivity contribution in [2.75, 3.05) is 13.1 Å². The fourth-order valence-electron chi connectivity index (χ4n) is 4.97. The van der Waals surface area contributed by atoms with E-state index in [9.17, 15) is 13.2 Å². The number of nitrogens with zero attached hydrogens (tertiary/aromatic N) is 2. The van der Waals surface area contributed by atoms with Gasteiger partial charge in [0.15, 0.2) is 10.7 Å². The number of nitrogens with one attached hydrogen (secondary N) is 1. The maximum atomic E-state index is 13.6. The summed E-state index contributed by atoms with van der Waals surface area (Å²) in [6.07, 6.45) is 10.4. The topological polar surface area (TPSA) is 92.5 Å². The number of aromatic nitrogens is 1. The van der Waals surface area contributed by atoms with Crippen molar-refractivity contribution in [3.05, 3.63) is 46.3 Å². The summed E-state index contributed by atoms with van der Waals surface area (Å²) < 4.78 is 34.1. The van der Waals surface area contributed by atoms with Gasteiger partial charge in [0.2, 0.25) is 15.9 Å². The molecule has 1 saturated carbocycles. The average Bonchev–Trinajstić information content (AvgIpc) is 3.21. The van der Waals surface area contributed by atoms with Gasteiger partial charge in [-0.25, -0.2) is 8.42 Å². The predicted octanol–water partition coefficient (Wildman–Crippen LogP) is 4.62. The largest absolute Gasteiger partial charge is 0.355 e. The lowest BCUT2D eigenvalue weighted by Crippen LogP contribution is -2.48. The molecule has 2 fully saturated rings. The predicted molar refractivity (Wildman–Crippen MR) is 133 cm³/mol. The van der Waals surface area contributed by atoms with E-state index in [2.05, 4.69) is 10.5 Å². The quantitative estimate of drug-likeness (QED) is 0.645. The van der Waals surface area contributed by atoms with E-state index in [4.69, 9.17) is 4.52 Å². The second-order valence-corrected chi connectivity index (χ2v) is 11.6. The number of hydrogen-bond donors (Lipinski definition) is 1. The third-order valence-electron chi connectivity index (χ3n) is 6.99. The van der Waals surface area contributed by atoms with Crippen LogP contribution in [0.1, 0.15) is 73.1 Å². The van der Waals surface area contributed by atoms with Crippen molar-refractivity contribution in [3.8, 4) is 0 Å². The molecule has 0 spiro atoms. The standard InChI is InChI=1S/C26H35N3O4S/c1-18-11-12-19(2)21(16-18)13-14-24-25(20(3)28-33-24)34(31,32)29-15-7-8-22(17-29)26(30)27-23-9-5-4-6-10-23/h11-14,16,22-23H,4-10,15,17H2,1-3H3,(H,27,30). The molecule has 1 saturated heterocycles. The molecule has 8 heteroatoms. The number of benzene rings is 1. The fourth-order valence-corrected chi connectivity index (χ4v) is 6.75. The van der Waals surface area contributed by atoms with Gasteiger partial charge in [0, 0.05) is 19.1 Å². The summed E-state index contributed by atoms with van der Waals surface area (Å²) in [6.45, 7) is 6.24. The second-order valence-electron chi connectivity index (χ2n) is 9.70. The van der Waals surface area contributed by atoms with Crippen LogP contribution < -0.4 is 5.32 Å².